The topological polar surface area (TPSA) is 120 Å². The van der Waals surface area contributed by atoms with Gasteiger partial charge in [0.1, 0.15) is 0 Å². The van der Waals surface area contributed by atoms with Crippen LogP contribution in [-0.4, -0.2) is 90.5 Å². The summed E-state index contributed by atoms with van der Waals surface area (Å²) in [5, 5.41) is 6.23. The maximum Gasteiger partial charge on any atom is 0.224 e. The fourth-order valence-corrected chi connectivity index (χ4v) is 7.23. The summed E-state index contributed by atoms with van der Waals surface area (Å²) in [6, 6.07) is 16.2. The van der Waals surface area contributed by atoms with Gasteiger partial charge in [-0.1, -0.05) is 24.3 Å². The second-order valence-corrected chi connectivity index (χ2v) is 13.5. The highest BCUT2D eigenvalue weighted by Crippen LogP contribution is 2.39. The monoisotopic (exact) mass is 718 g/mol. The number of hydrogen-bond donors (Lipinski definition) is 2. The third kappa shape index (κ3) is 9.80. The van der Waals surface area contributed by atoms with E-state index in [1.807, 2.05) is 24.3 Å². The molecular weight excluding hydrogens is 664 g/mol. The fraction of sp³-hybridized carbons (Fsp3) is 0.500. The van der Waals surface area contributed by atoms with Crippen molar-refractivity contribution in [3.8, 4) is 34.5 Å². The number of carbonyl (C=O) groups is 2. The number of nitrogens with one attached hydrogen (secondary N) is 2. The Balaban J connectivity index is 1.08. The van der Waals surface area contributed by atoms with E-state index < -0.39 is 0 Å². The summed E-state index contributed by atoms with van der Waals surface area (Å²) < 4.78 is 32.7. The van der Waals surface area contributed by atoms with E-state index in [0.717, 1.165) is 76.1 Å². The molecule has 3 aromatic rings. The zero-order valence-electron chi connectivity index (χ0n) is 31.4. The molecule has 0 radical (unpaired) electrons. The lowest BCUT2D eigenvalue weighted by molar-refractivity contribution is -0.127. The minimum Gasteiger partial charge on any atom is -0.493 e. The minimum atomic E-state index is -0.0684. The Bertz CT molecular complexity index is 1480. The number of likely N-dealkylation sites (tertiary alicyclic amines) is 2. The van der Waals surface area contributed by atoms with Gasteiger partial charge in [0.25, 0.3) is 0 Å². The summed E-state index contributed by atoms with van der Waals surface area (Å²) in [6.07, 6.45) is 3.70. The van der Waals surface area contributed by atoms with Crippen LogP contribution in [0.25, 0.3) is 0 Å². The lowest BCUT2D eigenvalue weighted by atomic mass is 9.96. The average Bonchev–Trinajstić information content (AvgIpc) is 3.18. The van der Waals surface area contributed by atoms with Crippen LogP contribution >= 0.6 is 0 Å². The summed E-state index contributed by atoms with van der Waals surface area (Å²) >= 11 is 0. The van der Waals surface area contributed by atoms with Crippen LogP contribution in [0.1, 0.15) is 47.9 Å². The van der Waals surface area contributed by atoms with Gasteiger partial charge in [-0.25, -0.2) is 0 Å². The molecule has 2 heterocycles. The predicted octanol–water partition coefficient (Wildman–Crippen LogP) is 4.80. The van der Waals surface area contributed by atoms with E-state index in [0.29, 0.717) is 47.6 Å². The molecule has 2 atom stereocenters. The molecule has 2 aliphatic rings. The molecular formula is C40H54N4O8. The van der Waals surface area contributed by atoms with E-state index in [1.165, 1.54) is 11.1 Å². The molecule has 0 aromatic heterocycles. The SMILES string of the molecule is COc1cc(CNC(=O)C2CCCN(Cc3ccc(CN4CCCC(C(=O)NCc5cc(OC)c(OC)c(OC)c5)C4)cc3)C2)cc(OC)c1OC. The first kappa shape index (κ1) is 38.5. The minimum absolute atomic E-state index is 0.0588. The van der Waals surface area contributed by atoms with Crippen LogP contribution in [0.4, 0.5) is 0 Å². The van der Waals surface area contributed by atoms with Crippen LogP contribution in [0.2, 0.25) is 0 Å². The van der Waals surface area contributed by atoms with Crippen molar-refractivity contribution in [3.63, 3.8) is 0 Å². The van der Waals surface area contributed by atoms with Gasteiger partial charge in [-0.3, -0.25) is 19.4 Å². The largest absolute Gasteiger partial charge is 0.493 e. The number of benzene rings is 3. The van der Waals surface area contributed by atoms with E-state index in [2.05, 4.69) is 44.7 Å². The van der Waals surface area contributed by atoms with Crippen LogP contribution in [-0.2, 0) is 35.8 Å². The van der Waals surface area contributed by atoms with Crippen LogP contribution < -0.4 is 39.1 Å². The molecule has 52 heavy (non-hydrogen) atoms. The van der Waals surface area contributed by atoms with Gasteiger partial charge in [0.15, 0.2) is 23.0 Å². The van der Waals surface area contributed by atoms with Crippen molar-refractivity contribution in [3.05, 3.63) is 70.8 Å². The molecule has 12 nitrogen and oxygen atoms in total. The van der Waals surface area contributed by atoms with Crippen molar-refractivity contribution in [1.82, 2.24) is 20.4 Å². The van der Waals surface area contributed by atoms with Gasteiger partial charge in [0.05, 0.1) is 54.5 Å². The third-order valence-electron chi connectivity index (χ3n) is 9.97. The maximum atomic E-state index is 13.2. The molecule has 0 saturated carbocycles. The van der Waals surface area contributed by atoms with E-state index in [4.69, 9.17) is 28.4 Å². The number of methoxy groups -OCH3 is 6. The molecule has 2 amide bonds. The molecule has 2 unspecified atom stereocenters. The Hall–Kier alpha value is -4.68. The highest BCUT2D eigenvalue weighted by molar-refractivity contribution is 5.79. The van der Waals surface area contributed by atoms with Gasteiger partial charge in [-0.2, -0.15) is 0 Å². The normalized spacial score (nSPS) is 17.9. The summed E-state index contributed by atoms with van der Waals surface area (Å²) in [7, 11) is 9.47. The zero-order chi connectivity index (χ0) is 37.0. The molecule has 282 valence electrons. The quantitative estimate of drug-likeness (QED) is 0.214. The molecule has 0 spiro atoms. The predicted molar refractivity (Wildman–Crippen MR) is 198 cm³/mol. The lowest BCUT2D eigenvalue weighted by Gasteiger charge is -2.32. The zero-order valence-corrected chi connectivity index (χ0v) is 31.4. The highest BCUT2D eigenvalue weighted by atomic mass is 16.5. The average molecular weight is 719 g/mol. The summed E-state index contributed by atoms with van der Waals surface area (Å²) in [5.74, 6) is 3.30. The molecule has 2 N–H and O–H groups in total. The lowest BCUT2D eigenvalue weighted by Crippen LogP contribution is -2.42. The fourth-order valence-electron chi connectivity index (χ4n) is 7.23. The van der Waals surface area contributed by atoms with Crippen molar-refractivity contribution in [2.45, 2.75) is 51.9 Å². The van der Waals surface area contributed by atoms with E-state index in [-0.39, 0.29) is 23.7 Å². The molecule has 2 aliphatic heterocycles. The number of amides is 2. The first-order valence-corrected chi connectivity index (χ1v) is 17.9. The van der Waals surface area contributed by atoms with E-state index >= 15 is 0 Å². The Labute approximate surface area is 307 Å². The number of piperidine rings is 2. The number of ether oxygens (including phenoxy) is 6. The molecule has 5 rings (SSSR count). The van der Waals surface area contributed by atoms with E-state index in [9.17, 15) is 9.59 Å². The molecule has 0 bridgehead atoms. The molecule has 0 aliphatic carbocycles. The second kappa shape index (κ2) is 18.7. The van der Waals surface area contributed by atoms with Crippen molar-refractivity contribution in [2.75, 3.05) is 68.8 Å². The van der Waals surface area contributed by atoms with Crippen molar-refractivity contribution in [2.24, 2.45) is 11.8 Å². The van der Waals surface area contributed by atoms with Gasteiger partial charge in [0.2, 0.25) is 23.3 Å². The molecule has 2 fully saturated rings. The number of nitrogens with zero attached hydrogens (tertiary/aromatic N) is 2. The van der Waals surface area contributed by atoms with Crippen LogP contribution in [0, 0.1) is 11.8 Å². The first-order valence-electron chi connectivity index (χ1n) is 17.9. The van der Waals surface area contributed by atoms with Crippen molar-refractivity contribution >= 4 is 11.8 Å². The van der Waals surface area contributed by atoms with Gasteiger partial charge >= 0.3 is 0 Å². The van der Waals surface area contributed by atoms with Crippen molar-refractivity contribution < 1.29 is 38.0 Å². The highest BCUT2D eigenvalue weighted by Gasteiger charge is 2.27. The Morgan fingerprint density at radius 1 is 0.558 bits per heavy atom. The molecule has 12 heteroatoms. The van der Waals surface area contributed by atoms with Gasteiger partial charge in [-0.15, -0.1) is 0 Å². The number of carbonyl (C=O) groups excluding carboxylic acids is 2. The Morgan fingerprint density at radius 2 is 0.904 bits per heavy atom. The first-order chi connectivity index (χ1) is 25.3. The Morgan fingerprint density at radius 3 is 1.21 bits per heavy atom. The van der Waals surface area contributed by atoms with Crippen LogP contribution in [0.3, 0.4) is 0 Å². The number of hydrogen-bond acceptors (Lipinski definition) is 10. The smallest absolute Gasteiger partial charge is 0.224 e. The Kier molecular flexibility index (Phi) is 13.9. The third-order valence-corrected chi connectivity index (χ3v) is 9.97. The standard InChI is InChI=1S/C40H54N4O8/c1-47-33-17-29(18-34(48-2)37(33)51-5)21-41-39(45)31-9-7-15-43(25-31)23-27-11-13-28(14-12-27)24-44-16-8-10-32(26-44)40(46)42-22-30-19-35(49-3)38(52-6)36(20-30)50-4/h11-14,17-20,31-32H,7-10,15-16,21-26H2,1-6H3,(H,41,45)(H,42,46). The molecule has 3 aromatic carbocycles. The van der Waals surface area contributed by atoms with Crippen LogP contribution in [0.15, 0.2) is 48.5 Å². The van der Waals surface area contributed by atoms with Gasteiger partial charge in [-0.05, 0) is 85.3 Å². The number of rotatable bonds is 16. The van der Waals surface area contributed by atoms with Gasteiger partial charge < -0.3 is 39.1 Å². The summed E-state index contributed by atoms with van der Waals surface area (Å²) in [5.41, 5.74) is 4.22. The van der Waals surface area contributed by atoms with Crippen molar-refractivity contribution in [1.29, 1.82) is 0 Å². The molecule has 2 saturated heterocycles. The van der Waals surface area contributed by atoms with Gasteiger partial charge in [0, 0.05) is 39.3 Å². The summed E-state index contributed by atoms with van der Waals surface area (Å²) in [4.78, 5) is 31.1. The second-order valence-electron chi connectivity index (χ2n) is 13.5. The maximum absolute atomic E-state index is 13.2. The van der Waals surface area contributed by atoms with Crippen LogP contribution in [0.5, 0.6) is 34.5 Å². The summed E-state index contributed by atoms with van der Waals surface area (Å²) in [6.45, 7) is 5.74. The van der Waals surface area contributed by atoms with E-state index in [1.54, 1.807) is 42.7 Å².